The Kier molecular flexibility index (Phi) is 4.03. The number of ether oxygens (including phenoxy) is 1. The maximum atomic E-state index is 5.96. The van der Waals surface area contributed by atoms with Crippen LogP contribution in [0.3, 0.4) is 0 Å². The zero-order valence-electron chi connectivity index (χ0n) is 11.5. The molecule has 7 heteroatoms. The first-order valence-corrected chi connectivity index (χ1v) is 7.30. The van der Waals surface area contributed by atoms with Crippen molar-refractivity contribution in [3.05, 3.63) is 11.6 Å². The minimum atomic E-state index is 0.217. The monoisotopic (exact) mass is 295 g/mol. The molecule has 0 bridgehead atoms. The van der Waals surface area contributed by atoms with Crippen molar-refractivity contribution in [2.45, 2.75) is 31.7 Å². The lowest BCUT2D eigenvalue weighted by Gasteiger charge is -2.14. The Balaban J connectivity index is 1.99. The fourth-order valence-electron chi connectivity index (χ4n) is 2.77. The van der Waals surface area contributed by atoms with Crippen molar-refractivity contribution < 1.29 is 4.74 Å². The summed E-state index contributed by atoms with van der Waals surface area (Å²) in [4.78, 5) is 12.9. The lowest BCUT2D eigenvalue weighted by atomic mass is 10.2. The van der Waals surface area contributed by atoms with Crippen molar-refractivity contribution in [2.75, 3.05) is 25.6 Å². The third-order valence-corrected chi connectivity index (χ3v) is 3.89. The van der Waals surface area contributed by atoms with Crippen LogP contribution in [0.4, 0.5) is 5.82 Å². The molecule has 0 atom stereocenters. The standard InChI is InChI=1S/C13H18ClN5O/c1-20-7-6-15-11-10-12(18-13(14)17-11)16-8-19(10)9-4-2-3-5-9/h8-9H,2-7H2,1H3,(H,15,17,18). The van der Waals surface area contributed by atoms with Crippen LogP contribution in [0.25, 0.3) is 11.2 Å². The Morgan fingerprint density at radius 1 is 1.40 bits per heavy atom. The highest BCUT2D eigenvalue weighted by Crippen LogP contribution is 2.33. The van der Waals surface area contributed by atoms with Crippen LogP contribution in [0.2, 0.25) is 5.28 Å². The Morgan fingerprint density at radius 3 is 2.95 bits per heavy atom. The predicted molar refractivity (Wildman–Crippen MR) is 78.2 cm³/mol. The van der Waals surface area contributed by atoms with Crippen LogP contribution in [0.1, 0.15) is 31.7 Å². The molecule has 0 amide bonds. The van der Waals surface area contributed by atoms with Crippen molar-refractivity contribution in [1.82, 2.24) is 19.5 Å². The van der Waals surface area contributed by atoms with Gasteiger partial charge >= 0.3 is 0 Å². The van der Waals surface area contributed by atoms with Gasteiger partial charge in [-0.3, -0.25) is 0 Å². The van der Waals surface area contributed by atoms with Gasteiger partial charge in [0.2, 0.25) is 5.28 Å². The Labute approximate surface area is 122 Å². The van der Waals surface area contributed by atoms with E-state index in [1.54, 1.807) is 7.11 Å². The number of rotatable bonds is 5. The lowest BCUT2D eigenvalue weighted by molar-refractivity contribution is 0.210. The zero-order valence-corrected chi connectivity index (χ0v) is 12.2. The van der Waals surface area contributed by atoms with E-state index < -0.39 is 0 Å². The molecule has 2 aromatic heterocycles. The van der Waals surface area contributed by atoms with Crippen molar-refractivity contribution in [2.24, 2.45) is 0 Å². The van der Waals surface area contributed by atoms with Crippen molar-refractivity contribution in [3.63, 3.8) is 0 Å². The minimum absolute atomic E-state index is 0.217. The number of nitrogens with one attached hydrogen (secondary N) is 1. The molecule has 20 heavy (non-hydrogen) atoms. The summed E-state index contributed by atoms with van der Waals surface area (Å²) < 4.78 is 7.24. The first-order valence-electron chi connectivity index (χ1n) is 6.92. The summed E-state index contributed by atoms with van der Waals surface area (Å²) in [5, 5.41) is 3.47. The van der Waals surface area contributed by atoms with Crippen LogP contribution < -0.4 is 5.32 Å². The number of halogens is 1. The average Bonchev–Trinajstić information content (AvgIpc) is 3.06. The highest BCUT2D eigenvalue weighted by Gasteiger charge is 2.21. The number of anilines is 1. The van der Waals surface area contributed by atoms with Crippen LogP contribution in [0, 0.1) is 0 Å². The summed E-state index contributed by atoms with van der Waals surface area (Å²) in [6.07, 6.45) is 6.76. The molecule has 0 aromatic carbocycles. The second-order valence-electron chi connectivity index (χ2n) is 5.02. The third-order valence-electron chi connectivity index (χ3n) is 3.72. The van der Waals surface area contributed by atoms with E-state index in [1.807, 2.05) is 6.33 Å². The van der Waals surface area contributed by atoms with Crippen LogP contribution in [-0.4, -0.2) is 39.8 Å². The second-order valence-corrected chi connectivity index (χ2v) is 5.36. The van der Waals surface area contributed by atoms with Gasteiger partial charge in [0.05, 0.1) is 12.9 Å². The van der Waals surface area contributed by atoms with E-state index in [9.17, 15) is 0 Å². The summed E-state index contributed by atoms with van der Waals surface area (Å²) in [7, 11) is 1.67. The Morgan fingerprint density at radius 2 is 2.20 bits per heavy atom. The third kappa shape index (κ3) is 2.58. The minimum Gasteiger partial charge on any atom is -0.383 e. The second kappa shape index (κ2) is 5.93. The molecule has 108 valence electrons. The molecule has 1 saturated carbocycles. The average molecular weight is 296 g/mol. The summed E-state index contributed by atoms with van der Waals surface area (Å²) >= 11 is 5.96. The molecule has 1 aliphatic carbocycles. The van der Waals surface area contributed by atoms with Gasteiger partial charge in [-0.2, -0.15) is 9.97 Å². The zero-order chi connectivity index (χ0) is 13.9. The van der Waals surface area contributed by atoms with E-state index in [0.29, 0.717) is 24.8 Å². The number of hydrogen-bond acceptors (Lipinski definition) is 5. The van der Waals surface area contributed by atoms with Crippen LogP contribution in [0.5, 0.6) is 0 Å². The highest BCUT2D eigenvalue weighted by molar-refractivity contribution is 6.28. The fraction of sp³-hybridized carbons (Fsp3) is 0.615. The maximum Gasteiger partial charge on any atom is 0.226 e. The van der Waals surface area contributed by atoms with Crippen molar-refractivity contribution in [3.8, 4) is 0 Å². The molecule has 2 heterocycles. The first-order chi connectivity index (χ1) is 9.79. The molecule has 1 N–H and O–H groups in total. The summed E-state index contributed by atoms with van der Waals surface area (Å²) in [6.45, 7) is 1.29. The molecule has 0 aliphatic heterocycles. The van der Waals surface area contributed by atoms with E-state index in [1.165, 1.54) is 25.7 Å². The molecule has 0 unspecified atom stereocenters. The summed E-state index contributed by atoms with van der Waals surface area (Å²) in [6, 6.07) is 0.493. The number of nitrogens with zero attached hydrogens (tertiary/aromatic N) is 4. The summed E-state index contributed by atoms with van der Waals surface area (Å²) in [5.41, 5.74) is 1.59. The largest absolute Gasteiger partial charge is 0.383 e. The van der Waals surface area contributed by atoms with Gasteiger partial charge in [0.25, 0.3) is 0 Å². The molecule has 6 nitrogen and oxygen atoms in total. The molecule has 2 aromatic rings. The normalized spacial score (nSPS) is 16.1. The molecule has 0 saturated heterocycles. The van der Waals surface area contributed by atoms with Crippen LogP contribution in [0.15, 0.2) is 6.33 Å². The summed E-state index contributed by atoms with van der Waals surface area (Å²) in [5.74, 6) is 0.737. The van der Waals surface area contributed by atoms with Gasteiger partial charge in [-0.25, -0.2) is 4.98 Å². The van der Waals surface area contributed by atoms with Gasteiger partial charge in [-0.1, -0.05) is 12.8 Å². The first kappa shape index (κ1) is 13.6. The molecular formula is C13H18ClN5O. The van der Waals surface area contributed by atoms with Crippen molar-refractivity contribution in [1.29, 1.82) is 0 Å². The maximum absolute atomic E-state index is 5.96. The van der Waals surface area contributed by atoms with E-state index in [0.717, 1.165) is 11.3 Å². The molecule has 0 radical (unpaired) electrons. The molecule has 1 fully saturated rings. The predicted octanol–water partition coefficient (Wildman–Crippen LogP) is 2.65. The van der Waals surface area contributed by atoms with E-state index in [2.05, 4.69) is 24.8 Å². The number of imidazole rings is 1. The number of methoxy groups -OCH3 is 1. The topological polar surface area (TPSA) is 64.9 Å². The quantitative estimate of drug-likeness (QED) is 0.678. The van der Waals surface area contributed by atoms with Crippen LogP contribution in [-0.2, 0) is 4.74 Å². The van der Waals surface area contributed by atoms with E-state index >= 15 is 0 Å². The highest BCUT2D eigenvalue weighted by atomic mass is 35.5. The smallest absolute Gasteiger partial charge is 0.226 e. The van der Waals surface area contributed by atoms with Gasteiger partial charge in [0.15, 0.2) is 11.5 Å². The number of fused-ring (bicyclic) bond motifs is 1. The molecule has 0 spiro atoms. The Hall–Kier alpha value is -1.40. The molecule has 3 rings (SSSR count). The fourth-order valence-corrected chi connectivity index (χ4v) is 2.94. The van der Waals surface area contributed by atoms with Gasteiger partial charge < -0.3 is 14.6 Å². The SMILES string of the molecule is COCCNc1nc(Cl)nc2ncn(C3CCCC3)c12. The number of aromatic nitrogens is 4. The van der Waals surface area contributed by atoms with Gasteiger partial charge in [0, 0.05) is 19.7 Å². The van der Waals surface area contributed by atoms with Crippen molar-refractivity contribution >= 4 is 28.6 Å². The van der Waals surface area contributed by atoms with Gasteiger partial charge in [0.1, 0.15) is 5.52 Å². The van der Waals surface area contributed by atoms with Crippen LogP contribution >= 0.6 is 11.6 Å². The molecule has 1 aliphatic rings. The molecular weight excluding hydrogens is 278 g/mol. The van der Waals surface area contributed by atoms with E-state index in [-0.39, 0.29) is 5.28 Å². The van der Waals surface area contributed by atoms with E-state index in [4.69, 9.17) is 16.3 Å². The van der Waals surface area contributed by atoms with Gasteiger partial charge in [-0.05, 0) is 24.4 Å². The number of hydrogen-bond donors (Lipinski definition) is 1. The Bertz CT molecular complexity index is 594. The lowest BCUT2D eigenvalue weighted by Crippen LogP contribution is -2.12. The van der Waals surface area contributed by atoms with Gasteiger partial charge in [-0.15, -0.1) is 0 Å².